The maximum Gasteiger partial charge on any atom is 0.410 e. The molecule has 0 bridgehead atoms. The molecule has 280 valence electrons. The molecule has 9 nitrogen and oxygen atoms in total. The lowest BCUT2D eigenvalue weighted by atomic mass is 9.93. The van der Waals surface area contributed by atoms with E-state index in [9.17, 15) is 14.4 Å². The van der Waals surface area contributed by atoms with Crippen molar-refractivity contribution >= 4 is 17.7 Å². The highest BCUT2D eigenvalue weighted by Crippen LogP contribution is 2.48. The molecular formula is C43H58N4O5. The molecule has 6 rings (SSSR count). The Labute approximate surface area is 309 Å². The summed E-state index contributed by atoms with van der Waals surface area (Å²) >= 11 is 0. The summed E-state index contributed by atoms with van der Waals surface area (Å²) in [6.45, 7) is 16.2. The standard InChI is InChI=1S/C43H58N4O5/c1-8-46(33-18-20-51-21-19-33)38-24-32(23-35(29(38)4)40(48)44-26-37-27(2)22-28(3)45-41(37)49)30-14-16-31(17-15-30)36-25-39(36)47(34-12-10-9-11-13-34)42(50)52-43(5,6)7/h14-17,22-24,33-34,36,39H,8-13,18-21,25-26H2,1-7H3,(H,44,48)(H,45,49)/t36-,39+/m0/s1. The fourth-order valence-electron chi connectivity index (χ4n) is 8.39. The van der Waals surface area contributed by atoms with E-state index in [0.29, 0.717) is 17.2 Å². The van der Waals surface area contributed by atoms with Gasteiger partial charge in [0.1, 0.15) is 5.60 Å². The number of aromatic amines is 1. The van der Waals surface area contributed by atoms with Gasteiger partial charge in [-0.2, -0.15) is 0 Å². The number of ether oxygens (including phenoxy) is 2. The Kier molecular flexibility index (Phi) is 11.5. The van der Waals surface area contributed by atoms with Crippen LogP contribution in [0.25, 0.3) is 11.1 Å². The van der Waals surface area contributed by atoms with Crippen LogP contribution in [0.1, 0.15) is 123 Å². The number of benzene rings is 2. The number of pyridine rings is 1. The number of anilines is 1. The smallest absolute Gasteiger partial charge is 0.410 e. The molecule has 2 atom stereocenters. The first-order valence-corrected chi connectivity index (χ1v) is 19.4. The first kappa shape index (κ1) is 37.6. The minimum Gasteiger partial charge on any atom is -0.444 e. The highest BCUT2D eigenvalue weighted by Gasteiger charge is 2.48. The fraction of sp³-hybridized carbons (Fsp3) is 0.558. The average Bonchev–Trinajstić information content (AvgIpc) is 3.89. The maximum absolute atomic E-state index is 14.0. The van der Waals surface area contributed by atoms with Crippen LogP contribution in [0.3, 0.4) is 0 Å². The van der Waals surface area contributed by atoms with E-state index in [4.69, 9.17) is 9.47 Å². The summed E-state index contributed by atoms with van der Waals surface area (Å²) in [4.78, 5) is 47.6. The van der Waals surface area contributed by atoms with Gasteiger partial charge in [0.15, 0.2) is 0 Å². The first-order valence-electron chi connectivity index (χ1n) is 19.4. The molecule has 2 N–H and O–H groups in total. The summed E-state index contributed by atoms with van der Waals surface area (Å²) in [5, 5.41) is 3.06. The molecule has 0 spiro atoms. The number of hydrogen-bond donors (Lipinski definition) is 2. The minimum atomic E-state index is -0.534. The second-order valence-electron chi connectivity index (χ2n) is 16.1. The zero-order chi connectivity index (χ0) is 37.2. The molecule has 9 heteroatoms. The topological polar surface area (TPSA) is 104 Å². The number of aryl methyl sites for hydroxylation is 2. The molecule has 0 unspecified atom stereocenters. The van der Waals surface area contributed by atoms with Crippen LogP contribution in [0.4, 0.5) is 10.5 Å². The van der Waals surface area contributed by atoms with E-state index < -0.39 is 5.60 Å². The predicted molar refractivity (Wildman–Crippen MR) is 207 cm³/mol. The van der Waals surface area contributed by atoms with E-state index in [1.165, 1.54) is 12.0 Å². The summed E-state index contributed by atoms with van der Waals surface area (Å²) < 4.78 is 11.6. The number of nitrogens with zero attached hydrogens (tertiary/aromatic N) is 2. The number of carbonyl (C=O) groups is 2. The number of amides is 2. The number of rotatable bonds is 10. The van der Waals surface area contributed by atoms with Crippen molar-refractivity contribution in [2.24, 2.45) is 0 Å². The van der Waals surface area contributed by atoms with Gasteiger partial charge in [-0.1, -0.05) is 43.5 Å². The SMILES string of the molecule is CCN(c1cc(-c2ccc([C@@H]3C[C@H]3N(C(=O)OC(C)(C)C)C3CCCCC3)cc2)cc(C(=O)NCc2c(C)cc(C)[nH]c2=O)c1C)C1CCOCC1. The Morgan fingerprint density at radius 1 is 0.923 bits per heavy atom. The van der Waals surface area contributed by atoms with E-state index in [1.54, 1.807) is 0 Å². The van der Waals surface area contributed by atoms with Crippen LogP contribution in [0.5, 0.6) is 0 Å². The van der Waals surface area contributed by atoms with Crippen LogP contribution in [-0.2, 0) is 16.0 Å². The van der Waals surface area contributed by atoms with Crippen molar-refractivity contribution in [3.05, 3.63) is 86.3 Å². The third kappa shape index (κ3) is 8.57. The molecule has 2 aromatic carbocycles. The Morgan fingerprint density at radius 3 is 2.25 bits per heavy atom. The van der Waals surface area contributed by atoms with Crippen LogP contribution >= 0.6 is 0 Å². The maximum atomic E-state index is 14.0. The van der Waals surface area contributed by atoms with Gasteiger partial charge >= 0.3 is 6.09 Å². The summed E-state index contributed by atoms with van der Waals surface area (Å²) in [7, 11) is 0. The van der Waals surface area contributed by atoms with Crippen molar-refractivity contribution in [3.8, 4) is 11.1 Å². The Balaban J connectivity index is 1.28. The Morgan fingerprint density at radius 2 is 1.62 bits per heavy atom. The number of nitrogens with one attached hydrogen (secondary N) is 2. The molecule has 1 aromatic heterocycles. The average molecular weight is 711 g/mol. The van der Waals surface area contributed by atoms with Gasteiger partial charge in [-0.05, 0) is 127 Å². The molecule has 3 aliphatic rings. The highest BCUT2D eigenvalue weighted by atomic mass is 16.6. The molecule has 3 aromatic rings. The molecule has 0 radical (unpaired) electrons. The first-order chi connectivity index (χ1) is 24.8. The van der Waals surface area contributed by atoms with Gasteiger partial charge in [-0.15, -0.1) is 0 Å². The lowest BCUT2D eigenvalue weighted by Crippen LogP contribution is -2.46. The number of H-pyrrole nitrogens is 1. The molecule has 52 heavy (non-hydrogen) atoms. The van der Waals surface area contributed by atoms with Crippen LogP contribution in [-0.4, -0.2) is 65.4 Å². The zero-order valence-corrected chi connectivity index (χ0v) is 32.3. The lowest BCUT2D eigenvalue weighted by Gasteiger charge is -2.37. The fourth-order valence-corrected chi connectivity index (χ4v) is 8.39. The number of carbonyl (C=O) groups excluding carboxylic acids is 2. The van der Waals surface area contributed by atoms with Crippen molar-refractivity contribution in [2.75, 3.05) is 24.7 Å². The van der Waals surface area contributed by atoms with E-state index >= 15 is 0 Å². The largest absolute Gasteiger partial charge is 0.444 e. The monoisotopic (exact) mass is 710 g/mol. The molecule has 2 heterocycles. The normalized spacial score (nSPS) is 19.6. The quantitative estimate of drug-likeness (QED) is 0.219. The van der Waals surface area contributed by atoms with Gasteiger partial charge < -0.3 is 29.6 Å². The van der Waals surface area contributed by atoms with Gasteiger partial charge in [-0.25, -0.2) is 4.79 Å². The van der Waals surface area contributed by atoms with Crippen LogP contribution < -0.4 is 15.8 Å². The summed E-state index contributed by atoms with van der Waals surface area (Å²) in [5.74, 6) is 0.0706. The highest BCUT2D eigenvalue weighted by molar-refractivity contribution is 5.99. The third-order valence-corrected chi connectivity index (χ3v) is 11.2. The molecular weight excluding hydrogens is 652 g/mol. The van der Waals surface area contributed by atoms with E-state index in [1.807, 2.05) is 53.7 Å². The van der Waals surface area contributed by atoms with Crippen LogP contribution in [0.15, 0.2) is 47.3 Å². The van der Waals surface area contributed by atoms with Crippen LogP contribution in [0.2, 0.25) is 0 Å². The van der Waals surface area contributed by atoms with E-state index in [0.717, 1.165) is 98.3 Å². The number of hydrogen-bond acceptors (Lipinski definition) is 6. The van der Waals surface area contributed by atoms with Crippen molar-refractivity contribution < 1.29 is 19.1 Å². The van der Waals surface area contributed by atoms with Crippen molar-refractivity contribution in [1.82, 2.24) is 15.2 Å². The molecule has 2 saturated carbocycles. The molecule has 2 aliphatic carbocycles. The summed E-state index contributed by atoms with van der Waals surface area (Å²) in [6.07, 6.45) is 8.25. The van der Waals surface area contributed by atoms with Gasteiger partial charge in [0, 0.05) is 72.9 Å². The Bertz CT molecular complexity index is 1800. The predicted octanol–water partition coefficient (Wildman–Crippen LogP) is 8.33. The van der Waals surface area contributed by atoms with Crippen molar-refractivity contribution in [2.45, 2.75) is 136 Å². The summed E-state index contributed by atoms with van der Waals surface area (Å²) in [6, 6.07) is 15.5. The van der Waals surface area contributed by atoms with Crippen molar-refractivity contribution in [3.63, 3.8) is 0 Å². The van der Waals surface area contributed by atoms with E-state index in [2.05, 4.69) is 57.4 Å². The Hall–Kier alpha value is -4.11. The molecule has 1 aliphatic heterocycles. The molecule has 2 amide bonds. The second-order valence-corrected chi connectivity index (χ2v) is 16.1. The number of aromatic nitrogens is 1. The minimum absolute atomic E-state index is 0.145. The van der Waals surface area contributed by atoms with Gasteiger partial charge in [-0.3, -0.25) is 9.59 Å². The third-order valence-electron chi connectivity index (χ3n) is 11.2. The molecule has 3 fully saturated rings. The van der Waals surface area contributed by atoms with Gasteiger partial charge in [0.05, 0.1) is 0 Å². The lowest BCUT2D eigenvalue weighted by molar-refractivity contribution is 0.00939. The second kappa shape index (κ2) is 15.9. The van der Waals surface area contributed by atoms with Gasteiger partial charge in [0.25, 0.3) is 11.5 Å². The van der Waals surface area contributed by atoms with Crippen LogP contribution in [0, 0.1) is 20.8 Å². The summed E-state index contributed by atoms with van der Waals surface area (Å²) in [5.41, 5.74) is 7.30. The molecule has 1 saturated heterocycles. The van der Waals surface area contributed by atoms with Gasteiger partial charge in [0.2, 0.25) is 0 Å². The zero-order valence-electron chi connectivity index (χ0n) is 32.3. The van der Waals surface area contributed by atoms with E-state index in [-0.39, 0.29) is 42.1 Å². The van der Waals surface area contributed by atoms with Crippen molar-refractivity contribution in [1.29, 1.82) is 0 Å².